The quantitative estimate of drug-likeness (QED) is 0.637. The molecule has 1 rings (SSSR count). The van der Waals surface area contributed by atoms with E-state index < -0.39 is 5.91 Å². The predicted octanol–water partition coefficient (Wildman–Crippen LogP) is 3.54. The SMILES string of the molecule is CC.CSC(CCC(=O)NO)c1ccc(F)cc1. The molecule has 18 heavy (non-hydrogen) atoms. The molecular weight excluding hydrogens is 253 g/mol. The van der Waals surface area contributed by atoms with E-state index in [-0.39, 0.29) is 17.5 Å². The van der Waals surface area contributed by atoms with Gasteiger partial charge in [0, 0.05) is 11.7 Å². The molecule has 1 aromatic carbocycles. The Morgan fingerprint density at radius 2 is 1.94 bits per heavy atom. The van der Waals surface area contributed by atoms with Crippen molar-refractivity contribution in [3.8, 4) is 0 Å². The lowest BCUT2D eigenvalue weighted by molar-refractivity contribution is -0.129. The number of hydrogen-bond donors (Lipinski definition) is 2. The molecule has 5 heteroatoms. The zero-order valence-electron chi connectivity index (χ0n) is 10.9. The maximum atomic E-state index is 12.7. The van der Waals surface area contributed by atoms with Gasteiger partial charge in [0.2, 0.25) is 5.91 Å². The fourth-order valence-electron chi connectivity index (χ4n) is 1.42. The van der Waals surface area contributed by atoms with Crippen molar-refractivity contribution in [3.05, 3.63) is 35.6 Å². The van der Waals surface area contributed by atoms with Crippen LogP contribution in [0.5, 0.6) is 0 Å². The topological polar surface area (TPSA) is 49.3 Å². The molecule has 3 nitrogen and oxygen atoms in total. The number of hydroxylamine groups is 1. The van der Waals surface area contributed by atoms with Crippen LogP contribution < -0.4 is 5.48 Å². The molecule has 0 aliphatic heterocycles. The average molecular weight is 273 g/mol. The third-order valence-electron chi connectivity index (χ3n) is 2.28. The van der Waals surface area contributed by atoms with Crippen molar-refractivity contribution >= 4 is 17.7 Å². The second-order valence-corrected chi connectivity index (χ2v) is 4.39. The van der Waals surface area contributed by atoms with Gasteiger partial charge in [-0.15, -0.1) is 0 Å². The molecule has 102 valence electrons. The number of carbonyl (C=O) groups excluding carboxylic acids is 1. The summed E-state index contributed by atoms with van der Waals surface area (Å²) in [4.78, 5) is 10.9. The first kappa shape index (κ1) is 16.9. The summed E-state index contributed by atoms with van der Waals surface area (Å²) in [6, 6.07) is 6.25. The summed E-state index contributed by atoms with van der Waals surface area (Å²) in [5.74, 6) is -0.669. The minimum absolute atomic E-state index is 0.137. The number of halogens is 1. The first-order valence-corrected chi connectivity index (χ1v) is 7.17. The second-order valence-electron chi connectivity index (χ2n) is 3.35. The van der Waals surface area contributed by atoms with Crippen LogP contribution in [0, 0.1) is 5.82 Å². The first-order chi connectivity index (χ1) is 8.67. The molecule has 1 atom stereocenters. The van der Waals surface area contributed by atoms with Gasteiger partial charge in [-0.05, 0) is 30.4 Å². The maximum Gasteiger partial charge on any atom is 0.243 e. The van der Waals surface area contributed by atoms with E-state index in [9.17, 15) is 9.18 Å². The highest BCUT2D eigenvalue weighted by Crippen LogP contribution is 2.31. The van der Waals surface area contributed by atoms with Crippen LogP contribution in [0.15, 0.2) is 24.3 Å². The Labute approximate surface area is 112 Å². The predicted molar refractivity (Wildman–Crippen MR) is 73.2 cm³/mol. The molecule has 0 saturated carbocycles. The number of rotatable bonds is 5. The molecule has 1 amide bonds. The summed E-state index contributed by atoms with van der Waals surface area (Å²) in [7, 11) is 0. The first-order valence-electron chi connectivity index (χ1n) is 5.88. The summed E-state index contributed by atoms with van der Waals surface area (Å²) >= 11 is 1.60. The van der Waals surface area contributed by atoms with Gasteiger partial charge in [-0.25, -0.2) is 9.87 Å². The molecule has 0 aliphatic rings. The van der Waals surface area contributed by atoms with Gasteiger partial charge in [0.05, 0.1) is 0 Å². The van der Waals surface area contributed by atoms with Gasteiger partial charge in [0.25, 0.3) is 0 Å². The smallest absolute Gasteiger partial charge is 0.243 e. The van der Waals surface area contributed by atoms with E-state index in [1.165, 1.54) is 12.1 Å². The lowest BCUT2D eigenvalue weighted by atomic mass is 10.1. The Bertz CT molecular complexity index is 343. The van der Waals surface area contributed by atoms with E-state index in [1.54, 1.807) is 29.4 Å². The highest BCUT2D eigenvalue weighted by Gasteiger charge is 2.12. The summed E-state index contributed by atoms with van der Waals surface area (Å²) < 4.78 is 12.7. The lowest BCUT2D eigenvalue weighted by Crippen LogP contribution is -2.18. The minimum atomic E-state index is -0.402. The van der Waals surface area contributed by atoms with Crippen molar-refractivity contribution in [3.63, 3.8) is 0 Å². The molecule has 1 unspecified atom stereocenters. The summed E-state index contributed by atoms with van der Waals surface area (Å²) in [5, 5.41) is 8.51. The van der Waals surface area contributed by atoms with Crippen LogP contribution in [-0.4, -0.2) is 17.4 Å². The Hall–Kier alpha value is -1.07. The van der Waals surface area contributed by atoms with Crippen molar-refractivity contribution in [2.24, 2.45) is 0 Å². The molecule has 0 saturated heterocycles. The number of thioether (sulfide) groups is 1. The van der Waals surface area contributed by atoms with Crippen LogP contribution in [0.25, 0.3) is 0 Å². The van der Waals surface area contributed by atoms with E-state index in [1.807, 2.05) is 20.1 Å². The van der Waals surface area contributed by atoms with E-state index in [4.69, 9.17) is 5.21 Å². The van der Waals surface area contributed by atoms with Gasteiger partial charge >= 0.3 is 0 Å². The number of benzene rings is 1. The van der Waals surface area contributed by atoms with Crippen molar-refractivity contribution in [2.75, 3.05) is 6.26 Å². The zero-order valence-corrected chi connectivity index (χ0v) is 11.8. The van der Waals surface area contributed by atoms with Crippen LogP contribution >= 0.6 is 11.8 Å². The normalized spacial score (nSPS) is 11.2. The van der Waals surface area contributed by atoms with Gasteiger partial charge < -0.3 is 0 Å². The molecule has 0 aliphatic carbocycles. The van der Waals surface area contributed by atoms with Crippen LogP contribution in [0.2, 0.25) is 0 Å². The van der Waals surface area contributed by atoms with Crippen molar-refractivity contribution < 1.29 is 14.4 Å². The molecule has 1 aromatic rings. The van der Waals surface area contributed by atoms with Crippen molar-refractivity contribution in [1.82, 2.24) is 5.48 Å². The van der Waals surface area contributed by atoms with Crippen LogP contribution in [0.1, 0.15) is 37.5 Å². The van der Waals surface area contributed by atoms with Gasteiger partial charge in [0.15, 0.2) is 0 Å². The Kier molecular flexibility index (Phi) is 9.32. The maximum absolute atomic E-state index is 12.7. The molecule has 0 spiro atoms. The monoisotopic (exact) mass is 273 g/mol. The van der Waals surface area contributed by atoms with Crippen molar-refractivity contribution in [2.45, 2.75) is 31.9 Å². The largest absolute Gasteiger partial charge is 0.289 e. The second kappa shape index (κ2) is 9.91. The van der Waals surface area contributed by atoms with Gasteiger partial charge in [-0.1, -0.05) is 26.0 Å². The fraction of sp³-hybridized carbons (Fsp3) is 0.462. The van der Waals surface area contributed by atoms with E-state index in [2.05, 4.69) is 0 Å². The van der Waals surface area contributed by atoms with E-state index >= 15 is 0 Å². The summed E-state index contributed by atoms with van der Waals surface area (Å²) in [5.41, 5.74) is 2.58. The van der Waals surface area contributed by atoms with E-state index in [0.29, 0.717) is 6.42 Å². The third-order valence-corrected chi connectivity index (χ3v) is 3.36. The highest BCUT2D eigenvalue weighted by atomic mass is 32.2. The third kappa shape index (κ3) is 6.02. The molecule has 0 radical (unpaired) electrons. The fourth-order valence-corrected chi connectivity index (χ4v) is 2.20. The summed E-state index contributed by atoms with van der Waals surface area (Å²) in [6.45, 7) is 4.00. The summed E-state index contributed by atoms with van der Waals surface area (Å²) in [6.07, 6.45) is 2.80. The number of nitrogens with one attached hydrogen (secondary N) is 1. The number of hydrogen-bond acceptors (Lipinski definition) is 3. The van der Waals surface area contributed by atoms with E-state index in [0.717, 1.165) is 5.56 Å². The van der Waals surface area contributed by atoms with Crippen molar-refractivity contribution in [1.29, 1.82) is 0 Å². The Balaban J connectivity index is 0.00000137. The molecule has 2 N–H and O–H groups in total. The van der Waals surface area contributed by atoms with Gasteiger partial charge in [0.1, 0.15) is 5.82 Å². The molecule has 0 bridgehead atoms. The Morgan fingerprint density at radius 1 is 1.39 bits per heavy atom. The average Bonchev–Trinajstić information content (AvgIpc) is 2.43. The van der Waals surface area contributed by atoms with Crippen LogP contribution in [0.4, 0.5) is 4.39 Å². The standard InChI is InChI=1S/C11H14FNO2S.C2H6/c1-16-10(6-7-11(14)13-15)8-2-4-9(12)5-3-8;1-2/h2-5,10,15H,6-7H2,1H3,(H,13,14);1-2H3. The molecule has 0 fully saturated rings. The minimum Gasteiger partial charge on any atom is -0.289 e. The van der Waals surface area contributed by atoms with Gasteiger partial charge in [-0.2, -0.15) is 11.8 Å². The van der Waals surface area contributed by atoms with Crippen LogP contribution in [-0.2, 0) is 4.79 Å². The molecular formula is C13H20FNO2S. The molecule has 0 aromatic heterocycles. The number of carbonyl (C=O) groups is 1. The number of amides is 1. The lowest BCUT2D eigenvalue weighted by Gasteiger charge is -2.13. The molecule has 0 heterocycles. The van der Waals surface area contributed by atoms with Gasteiger partial charge in [-0.3, -0.25) is 10.0 Å². The highest BCUT2D eigenvalue weighted by molar-refractivity contribution is 7.98. The van der Waals surface area contributed by atoms with Crippen LogP contribution in [0.3, 0.4) is 0 Å². The zero-order chi connectivity index (χ0) is 14.0. The Morgan fingerprint density at radius 3 is 2.39 bits per heavy atom.